The van der Waals surface area contributed by atoms with Gasteiger partial charge in [0.1, 0.15) is 5.69 Å². The fourth-order valence-electron chi connectivity index (χ4n) is 2.57. The molecule has 3 rings (SSSR count). The lowest BCUT2D eigenvalue weighted by Gasteiger charge is -2.09. The minimum absolute atomic E-state index is 0.212. The van der Waals surface area contributed by atoms with E-state index in [0.717, 1.165) is 11.3 Å². The van der Waals surface area contributed by atoms with Crippen molar-refractivity contribution in [1.82, 2.24) is 10.3 Å². The number of rotatable bonds is 8. The van der Waals surface area contributed by atoms with Crippen molar-refractivity contribution in [1.29, 1.82) is 0 Å². The van der Waals surface area contributed by atoms with Gasteiger partial charge in [-0.2, -0.15) is 0 Å². The van der Waals surface area contributed by atoms with Gasteiger partial charge in [-0.15, -0.1) is 11.3 Å². The number of carbonyl (C=O) groups is 1. The molecule has 3 aromatic rings. The molecule has 2 N–H and O–H groups in total. The van der Waals surface area contributed by atoms with Crippen LogP contribution in [-0.4, -0.2) is 31.7 Å². The molecule has 2 aromatic carbocycles. The van der Waals surface area contributed by atoms with E-state index < -0.39 is 0 Å². The molecule has 6 nitrogen and oxygen atoms in total. The highest BCUT2D eigenvalue weighted by Gasteiger charge is 2.11. The summed E-state index contributed by atoms with van der Waals surface area (Å²) < 4.78 is 10.5. The highest BCUT2D eigenvalue weighted by Crippen LogP contribution is 2.27. The van der Waals surface area contributed by atoms with Crippen molar-refractivity contribution in [3.05, 3.63) is 64.1 Å². The Morgan fingerprint density at radius 2 is 1.96 bits per heavy atom. The summed E-state index contributed by atoms with van der Waals surface area (Å²) >= 11 is 7.34. The van der Waals surface area contributed by atoms with Crippen LogP contribution in [0.5, 0.6) is 11.5 Å². The van der Waals surface area contributed by atoms with Gasteiger partial charge in [-0.05, 0) is 42.3 Å². The van der Waals surface area contributed by atoms with E-state index >= 15 is 0 Å². The van der Waals surface area contributed by atoms with Gasteiger partial charge < -0.3 is 20.1 Å². The number of methoxy groups -OCH3 is 2. The van der Waals surface area contributed by atoms with E-state index in [1.807, 2.05) is 30.3 Å². The number of carbonyl (C=O) groups excluding carboxylic acids is 1. The second-order valence-electron chi connectivity index (χ2n) is 5.87. The van der Waals surface area contributed by atoms with Gasteiger partial charge in [0, 0.05) is 22.6 Å². The largest absolute Gasteiger partial charge is 0.493 e. The standard InChI is InChI=1S/C20H20ClN3O3S/c1-26-17-7-6-13(10-18(17)27-2)8-9-22-19(25)16-12-28-20(24-16)23-15-5-3-4-14(21)11-15/h3-7,10-12H,8-9H2,1-2H3,(H,22,25)(H,23,24). The number of nitrogens with zero attached hydrogens (tertiary/aromatic N) is 1. The predicted molar refractivity (Wildman–Crippen MR) is 112 cm³/mol. The Labute approximate surface area is 172 Å². The number of halogens is 1. The second kappa shape index (κ2) is 9.43. The quantitative estimate of drug-likeness (QED) is 0.563. The molecule has 28 heavy (non-hydrogen) atoms. The lowest BCUT2D eigenvalue weighted by atomic mass is 10.1. The second-order valence-corrected chi connectivity index (χ2v) is 7.16. The van der Waals surface area contributed by atoms with Gasteiger partial charge in [0.15, 0.2) is 16.6 Å². The Bertz CT molecular complexity index is 961. The van der Waals surface area contributed by atoms with E-state index in [1.165, 1.54) is 11.3 Å². The summed E-state index contributed by atoms with van der Waals surface area (Å²) in [7, 11) is 3.20. The van der Waals surface area contributed by atoms with Crippen molar-refractivity contribution in [3.63, 3.8) is 0 Å². The van der Waals surface area contributed by atoms with Crippen molar-refractivity contribution < 1.29 is 14.3 Å². The van der Waals surface area contributed by atoms with Crippen LogP contribution in [-0.2, 0) is 6.42 Å². The van der Waals surface area contributed by atoms with Crippen LogP contribution >= 0.6 is 22.9 Å². The molecule has 0 bridgehead atoms. The summed E-state index contributed by atoms with van der Waals surface area (Å²) in [5.41, 5.74) is 2.24. The maximum absolute atomic E-state index is 12.3. The van der Waals surface area contributed by atoms with Crippen molar-refractivity contribution >= 4 is 39.7 Å². The molecule has 1 heterocycles. The summed E-state index contributed by atoms with van der Waals surface area (Å²) in [4.78, 5) is 16.6. The molecule has 1 amide bonds. The average Bonchev–Trinajstić information content (AvgIpc) is 3.16. The first-order valence-electron chi connectivity index (χ1n) is 8.56. The average molecular weight is 418 g/mol. The summed E-state index contributed by atoms with van der Waals surface area (Å²) in [6.45, 7) is 0.489. The monoisotopic (exact) mass is 417 g/mol. The summed E-state index contributed by atoms with van der Waals surface area (Å²) in [6.07, 6.45) is 0.670. The first-order valence-corrected chi connectivity index (χ1v) is 9.82. The van der Waals surface area contributed by atoms with Crippen molar-refractivity contribution in [3.8, 4) is 11.5 Å². The Kier molecular flexibility index (Phi) is 6.73. The molecule has 0 spiro atoms. The van der Waals surface area contributed by atoms with E-state index in [2.05, 4.69) is 15.6 Å². The lowest BCUT2D eigenvalue weighted by molar-refractivity contribution is 0.0950. The number of hydrogen-bond acceptors (Lipinski definition) is 6. The molecule has 0 aliphatic heterocycles. The molecule has 0 saturated heterocycles. The Morgan fingerprint density at radius 1 is 1.14 bits per heavy atom. The molecule has 0 atom stereocenters. The van der Waals surface area contributed by atoms with Gasteiger partial charge in [0.2, 0.25) is 0 Å². The fraction of sp³-hybridized carbons (Fsp3) is 0.200. The first-order chi connectivity index (χ1) is 13.6. The minimum atomic E-state index is -0.212. The molecular weight excluding hydrogens is 398 g/mol. The maximum Gasteiger partial charge on any atom is 0.270 e. The van der Waals surface area contributed by atoms with Crippen LogP contribution in [0.1, 0.15) is 16.1 Å². The number of amides is 1. The zero-order valence-electron chi connectivity index (χ0n) is 15.5. The van der Waals surface area contributed by atoms with Crippen molar-refractivity contribution in [2.45, 2.75) is 6.42 Å². The highest BCUT2D eigenvalue weighted by molar-refractivity contribution is 7.14. The zero-order valence-corrected chi connectivity index (χ0v) is 17.1. The van der Waals surface area contributed by atoms with Gasteiger partial charge in [0.25, 0.3) is 5.91 Å². The molecule has 0 saturated carbocycles. The number of benzene rings is 2. The number of hydrogen-bond donors (Lipinski definition) is 2. The first kappa shape index (κ1) is 20.0. The van der Waals surface area contributed by atoms with E-state index in [1.54, 1.807) is 31.7 Å². The van der Waals surface area contributed by atoms with Gasteiger partial charge in [-0.1, -0.05) is 23.7 Å². The van der Waals surface area contributed by atoms with Crippen LogP contribution in [0.3, 0.4) is 0 Å². The third-order valence-corrected chi connectivity index (χ3v) is 4.95. The van der Waals surface area contributed by atoms with E-state index in [0.29, 0.717) is 40.3 Å². The Hall–Kier alpha value is -2.77. The zero-order chi connectivity index (χ0) is 19.9. The minimum Gasteiger partial charge on any atom is -0.493 e. The Balaban J connectivity index is 1.53. The molecule has 1 aromatic heterocycles. The molecule has 8 heteroatoms. The lowest BCUT2D eigenvalue weighted by Crippen LogP contribution is -2.26. The van der Waals surface area contributed by atoms with Crippen LogP contribution in [0.25, 0.3) is 0 Å². The molecule has 0 radical (unpaired) electrons. The molecule has 0 aliphatic rings. The summed E-state index contributed by atoms with van der Waals surface area (Å²) in [5, 5.41) is 9.01. The molecular formula is C20H20ClN3O3S. The van der Waals surface area contributed by atoms with Gasteiger partial charge in [-0.25, -0.2) is 4.98 Å². The Morgan fingerprint density at radius 3 is 2.71 bits per heavy atom. The van der Waals surface area contributed by atoms with Gasteiger partial charge >= 0.3 is 0 Å². The van der Waals surface area contributed by atoms with Crippen LogP contribution < -0.4 is 20.1 Å². The van der Waals surface area contributed by atoms with Crippen LogP contribution in [0.15, 0.2) is 47.8 Å². The number of ether oxygens (including phenoxy) is 2. The third kappa shape index (κ3) is 5.15. The predicted octanol–water partition coefficient (Wildman–Crippen LogP) is 4.53. The SMILES string of the molecule is COc1ccc(CCNC(=O)c2csc(Nc3cccc(Cl)c3)n2)cc1OC. The summed E-state index contributed by atoms with van der Waals surface area (Å²) in [5.74, 6) is 1.14. The highest BCUT2D eigenvalue weighted by atomic mass is 35.5. The number of nitrogens with one attached hydrogen (secondary N) is 2. The van der Waals surface area contributed by atoms with E-state index in [-0.39, 0.29) is 5.91 Å². The molecule has 146 valence electrons. The smallest absolute Gasteiger partial charge is 0.270 e. The number of anilines is 2. The molecule has 0 fully saturated rings. The van der Waals surface area contributed by atoms with Crippen LogP contribution in [0.2, 0.25) is 5.02 Å². The normalized spacial score (nSPS) is 10.4. The molecule has 0 aliphatic carbocycles. The van der Waals surface area contributed by atoms with Gasteiger partial charge in [0.05, 0.1) is 14.2 Å². The third-order valence-electron chi connectivity index (χ3n) is 3.96. The fourth-order valence-corrected chi connectivity index (χ4v) is 3.47. The number of aromatic nitrogens is 1. The number of thiazole rings is 1. The summed E-state index contributed by atoms with van der Waals surface area (Å²) in [6, 6.07) is 13.0. The van der Waals surface area contributed by atoms with Crippen LogP contribution in [0.4, 0.5) is 10.8 Å². The maximum atomic E-state index is 12.3. The van der Waals surface area contributed by atoms with Crippen LogP contribution in [0, 0.1) is 0 Å². The van der Waals surface area contributed by atoms with Crippen molar-refractivity contribution in [2.24, 2.45) is 0 Å². The van der Waals surface area contributed by atoms with Crippen molar-refractivity contribution in [2.75, 3.05) is 26.1 Å². The topological polar surface area (TPSA) is 72.5 Å². The van der Waals surface area contributed by atoms with E-state index in [4.69, 9.17) is 21.1 Å². The van der Waals surface area contributed by atoms with E-state index in [9.17, 15) is 4.79 Å². The van der Waals surface area contributed by atoms with Gasteiger partial charge in [-0.3, -0.25) is 4.79 Å². The molecule has 0 unspecified atom stereocenters.